The molecular formula is C23H26FN3O2. The van der Waals surface area contributed by atoms with Crippen molar-refractivity contribution in [1.82, 2.24) is 14.8 Å². The van der Waals surface area contributed by atoms with Gasteiger partial charge in [0.1, 0.15) is 6.17 Å². The Kier molecular flexibility index (Phi) is 5.35. The number of carbonyl (C=O) groups excluding carboxylic acids is 2. The number of halogens is 1. The molecule has 2 heterocycles. The number of carbonyl (C=O) groups is 2. The maximum absolute atomic E-state index is 13.1. The molecular weight excluding hydrogens is 369 g/mol. The predicted octanol–water partition coefficient (Wildman–Crippen LogP) is 3.48. The van der Waals surface area contributed by atoms with Crippen molar-refractivity contribution < 1.29 is 14.0 Å². The van der Waals surface area contributed by atoms with Crippen molar-refractivity contribution in [2.75, 3.05) is 20.1 Å². The maximum Gasteiger partial charge on any atom is 0.253 e. The second-order valence-electron chi connectivity index (χ2n) is 8.10. The van der Waals surface area contributed by atoms with Crippen LogP contribution in [-0.4, -0.2) is 58.9 Å². The number of rotatable bonds is 4. The molecule has 1 aromatic carbocycles. The Morgan fingerprint density at radius 3 is 2.38 bits per heavy atom. The van der Waals surface area contributed by atoms with Gasteiger partial charge < -0.3 is 9.80 Å². The number of hydrogen-bond acceptors (Lipinski definition) is 3. The SMILES string of the molecule is Cc1cc(C(=O)N(C)C2CCN(C(=O)[C@H]3C[C@H]3F)CC2)ccc1-c1ccncc1. The molecule has 2 fully saturated rings. The minimum absolute atomic E-state index is 0.00910. The van der Waals surface area contributed by atoms with Crippen LogP contribution >= 0.6 is 0 Å². The molecule has 0 N–H and O–H groups in total. The number of nitrogens with zero attached hydrogens (tertiary/aromatic N) is 3. The van der Waals surface area contributed by atoms with Crippen LogP contribution < -0.4 is 0 Å². The number of pyridine rings is 1. The first-order valence-electron chi connectivity index (χ1n) is 10.2. The Morgan fingerprint density at radius 2 is 1.79 bits per heavy atom. The van der Waals surface area contributed by atoms with Crippen molar-refractivity contribution in [2.45, 2.75) is 38.4 Å². The van der Waals surface area contributed by atoms with Gasteiger partial charge in [0.2, 0.25) is 5.91 Å². The third kappa shape index (κ3) is 4.02. The fourth-order valence-electron chi connectivity index (χ4n) is 4.15. The monoisotopic (exact) mass is 395 g/mol. The van der Waals surface area contributed by atoms with Crippen LogP contribution in [0.2, 0.25) is 0 Å². The molecule has 1 aliphatic carbocycles. The summed E-state index contributed by atoms with van der Waals surface area (Å²) < 4.78 is 13.1. The zero-order valence-corrected chi connectivity index (χ0v) is 16.8. The molecule has 1 saturated carbocycles. The topological polar surface area (TPSA) is 53.5 Å². The van der Waals surface area contributed by atoms with Crippen molar-refractivity contribution >= 4 is 11.8 Å². The molecule has 1 saturated heterocycles. The molecule has 2 aromatic rings. The number of likely N-dealkylation sites (tertiary alicyclic amines) is 1. The van der Waals surface area contributed by atoms with Gasteiger partial charge in [-0.3, -0.25) is 14.6 Å². The smallest absolute Gasteiger partial charge is 0.253 e. The van der Waals surface area contributed by atoms with Gasteiger partial charge in [-0.15, -0.1) is 0 Å². The van der Waals surface area contributed by atoms with Crippen molar-refractivity contribution in [2.24, 2.45) is 5.92 Å². The number of benzene rings is 1. The van der Waals surface area contributed by atoms with E-state index in [2.05, 4.69) is 4.98 Å². The minimum atomic E-state index is -0.956. The van der Waals surface area contributed by atoms with E-state index in [0.717, 1.165) is 29.5 Å². The van der Waals surface area contributed by atoms with Gasteiger partial charge in [-0.2, -0.15) is 0 Å². The van der Waals surface area contributed by atoms with Crippen molar-refractivity contribution in [3.05, 3.63) is 53.9 Å². The average molecular weight is 395 g/mol. The highest BCUT2D eigenvalue weighted by atomic mass is 19.1. The Labute approximate surface area is 170 Å². The van der Waals surface area contributed by atoms with Gasteiger partial charge in [-0.25, -0.2) is 4.39 Å². The Morgan fingerprint density at radius 1 is 1.14 bits per heavy atom. The van der Waals surface area contributed by atoms with Crippen LogP contribution in [0.1, 0.15) is 35.2 Å². The van der Waals surface area contributed by atoms with E-state index < -0.39 is 12.1 Å². The highest BCUT2D eigenvalue weighted by Gasteiger charge is 2.46. The second-order valence-corrected chi connectivity index (χ2v) is 8.10. The van der Waals surface area contributed by atoms with E-state index in [9.17, 15) is 14.0 Å². The number of amides is 2. The molecule has 6 heteroatoms. The summed E-state index contributed by atoms with van der Waals surface area (Å²) in [6, 6.07) is 9.79. The maximum atomic E-state index is 13.1. The molecule has 0 radical (unpaired) electrons. The number of aromatic nitrogens is 1. The number of alkyl halides is 1. The molecule has 0 bridgehead atoms. The molecule has 1 aliphatic heterocycles. The average Bonchev–Trinajstić information content (AvgIpc) is 3.49. The molecule has 29 heavy (non-hydrogen) atoms. The largest absolute Gasteiger partial charge is 0.342 e. The Balaban J connectivity index is 1.39. The van der Waals surface area contributed by atoms with Gasteiger partial charge in [-0.1, -0.05) is 6.07 Å². The van der Waals surface area contributed by atoms with Crippen LogP contribution in [0.25, 0.3) is 11.1 Å². The molecule has 152 valence electrons. The first kappa shape index (κ1) is 19.6. The van der Waals surface area contributed by atoms with Crippen LogP contribution in [-0.2, 0) is 4.79 Å². The lowest BCUT2D eigenvalue weighted by Gasteiger charge is -2.37. The molecule has 1 aromatic heterocycles. The summed E-state index contributed by atoms with van der Waals surface area (Å²) in [5, 5.41) is 0. The second kappa shape index (κ2) is 7.93. The summed E-state index contributed by atoms with van der Waals surface area (Å²) in [6.45, 7) is 3.18. The normalized spacial score (nSPS) is 21.7. The summed E-state index contributed by atoms with van der Waals surface area (Å²) in [4.78, 5) is 32.8. The van der Waals surface area contributed by atoms with Gasteiger partial charge in [0, 0.05) is 44.1 Å². The highest BCUT2D eigenvalue weighted by molar-refractivity contribution is 5.95. The van der Waals surface area contributed by atoms with Crippen LogP contribution in [0.15, 0.2) is 42.7 Å². The van der Waals surface area contributed by atoms with Gasteiger partial charge >= 0.3 is 0 Å². The summed E-state index contributed by atoms with van der Waals surface area (Å²) >= 11 is 0. The summed E-state index contributed by atoms with van der Waals surface area (Å²) in [7, 11) is 1.83. The van der Waals surface area contributed by atoms with Crippen molar-refractivity contribution in [1.29, 1.82) is 0 Å². The van der Waals surface area contributed by atoms with E-state index in [1.165, 1.54) is 0 Å². The summed E-state index contributed by atoms with van der Waals surface area (Å²) in [6.07, 6.45) is 4.39. The standard InChI is InChI=1S/C23H26FN3O2/c1-15-13-17(3-4-19(15)16-5-9-25-10-6-16)22(28)26(2)18-7-11-27(12-8-18)23(29)20-14-21(20)24/h3-6,9-10,13,18,20-21H,7-8,11-12,14H2,1-2H3/t20-,21+/m0/s1. The zero-order valence-electron chi connectivity index (χ0n) is 16.8. The number of piperidine rings is 1. The molecule has 2 amide bonds. The summed E-state index contributed by atoms with van der Waals surface area (Å²) in [5.41, 5.74) is 3.87. The van der Waals surface area contributed by atoms with E-state index in [-0.39, 0.29) is 17.9 Å². The van der Waals surface area contributed by atoms with Gasteiger partial charge in [0.25, 0.3) is 5.91 Å². The van der Waals surface area contributed by atoms with Gasteiger partial charge in [-0.05, 0) is 67.1 Å². The zero-order chi connectivity index (χ0) is 20.5. The predicted molar refractivity (Wildman–Crippen MR) is 109 cm³/mol. The minimum Gasteiger partial charge on any atom is -0.342 e. The van der Waals surface area contributed by atoms with E-state index in [1.54, 1.807) is 22.2 Å². The first-order valence-corrected chi connectivity index (χ1v) is 10.2. The number of aryl methyl sites for hydroxylation is 1. The fourth-order valence-corrected chi connectivity index (χ4v) is 4.15. The number of hydrogen-bond donors (Lipinski definition) is 0. The molecule has 2 atom stereocenters. The quantitative estimate of drug-likeness (QED) is 0.797. The van der Waals surface area contributed by atoms with E-state index in [4.69, 9.17) is 0 Å². The third-order valence-corrected chi connectivity index (χ3v) is 6.14. The van der Waals surface area contributed by atoms with Crippen LogP contribution in [0.5, 0.6) is 0 Å². The van der Waals surface area contributed by atoms with Gasteiger partial charge in [0.05, 0.1) is 5.92 Å². The summed E-state index contributed by atoms with van der Waals surface area (Å²) in [5.74, 6) is -0.495. The molecule has 0 unspecified atom stereocenters. The Hall–Kier alpha value is -2.76. The van der Waals surface area contributed by atoms with Crippen LogP contribution in [0, 0.1) is 12.8 Å². The lowest BCUT2D eigenvalue weighted by atomic mass is 9.98. The molecule has 5 nitrogen and oxygen atoms in total. The lowest BCUT2D eigenvalue weighted by molar-refractivity contribution is -0.134. The van der Waals surface area contributed by atoms with E-state index in [1.807, 2.05) is 44.3 Å². The molecule has 0 spiro atoms. The molecule has 2 aliphatic rings. The van der Waals surface area contributed by atoms with Crippen LogP contribution in [0.4, 0.5) is 4.39 Å². The van der Waals surface area contributed by atoms with Crippen LogP contribution in [0.3, 0.4) is 0 Å². The fraction of sp³-hybridized carbons (Fsp3) is 0.435. The highest BCUT2D eigenvalue weighted by Crippen LogP contribution is 2.36. The third-order valence-electron chi connectivity index (χ3n) is 6.14. The van der Waals surface area contributed by atoms with Gasteiger partial charge in [0.15, 0.2) is 0 Å². The van der Waals surface area contributed by atoms with Crippen molar-refractivity contribution in [3.63, 3.8) is 0 Å². The van der Waals surface area contributed by atoms with E-state index >= 15 is 0 Å². The first-order chi connectivity index (χ1) is 14.0. The lowest BCUT2D eigenvalue weighted by Crippen LogP contribution is -2.47. The Bertz CT molecular complexity index is 910. The van der Waals surface area contributed by atoms with E-state index in [0.29, 0.717) is 25.1 Å². The van der Waals surface area contributed by atoms with Crippen molar-refractivity contribution in [3.8, 4) is 11.1 Å². The molecule has 4 rings (SSSR count).